The van der Waals surface area contributed by atoms with Crippen LogP contribution in [0, 0.1) is 35.4 Å². The van der Waals surface area contributed by atoms with Gasteiger partial charge < -0.3 is 4.74 Å². The molecule has 1 aliphatic heterocycles. The van der Waals surface area contributed by atoms with Gasteiger partial charge in [-0.15, -0.1) is 0 Å². The number of allylic oxidation sites excluding steroid dienone is 3. The van der Waals surface area contributed by atoms with Crippen LogP contribution >= 0.6 is 0 Å². The summed E-state index contributed by atoms with van der Waals surface area (Å²) < 4.78 is 19.2. The molecule has 166 valence electrons. The lowest BCUT2D eigenvalue weighted by Gasteiger charge is -2.46. The van der Waals surface area contributed by atoms with Crippen molar-refractivity contribution in [2.75, 3.05) is 0 Å². The number of hydrogen-bond donors (Lipinski definition) is 0. The van der Waals surface area contributed by atoms with Gasteiger partial charge >= 0.3 is 5.97 Å². The summed E-state index contributed by atoms with van der Waals surface area (Å²) in [5, 5.41) is 0. The first-order valence-electron chi connectivity index (χ1n) is 11.8. The number of hydrogen-bond acceptors (Lipinski definition) is 3. The average Bonchev–Trinajstić information content (AvgIpc) is 3.09. The molecule has 0 unspecified atom stereocenters. The summed E-state index contributed by atoms with van der Waals surface area (Å²) in [6, 6.07) is 10.5. The van der Waals surface area contributed by atoms with Crippen molar-refractivity contribution in [3.05, 3.63) is 71.8 Å². The third-order valence-corrected chi connectivity index (χ3v) is 7.88. The van der Waals surface area contributed by atoms with E-state index in [0.29, 0.717) is 17.8 Å². The number of cyclic esters (lactones) is 1. The molecule has 5 rings (SSSR count). The van der Waals surface area contributed by atoms with Gasteiger partial charge in [0.25, 0.3) is 0 Å². The summed E-state index contributed by atoms with van der Waals surface area (Å²) in [7, 11) is 0. The second-order valence-corrected chi connectivity index (χ2v) is 9.59. The summed E-state index contributed by atoms with van der Waals surface area (Å²) in [6.45, 7) is 4.18. The van der Waals surface area contributed by atoms with Gasteiger partial charge in [-0.25, -0.2) is 4.39 Å². The maximum atomic E-state index is 13.5. The normalized spacial score (nSPS) is 33.2. The molecule has 1 aromatic heterocycles. The van der Waals surface area contributed by atoms with Crippen molar-refractivity contribution in [1.29, 1.82) is 0 Å². The van der Waals surface area contributed by atoms with Crippen LogP contribution in [0.1, 0.15) is 45.2 Å². The highest BCUT2D eigenvalue weighted by atomic mass is 19.1. The summed E-state index contributed by atoms with van der Waals surface area (Å²) in [5.74, 6) is 1.46. The van der Waals surface area contributed by atoms with Crippen molar-refractivity contribution in [1.82, 2.24) is 4.98 Å². The Kier molecular flexibility index (Phi) is 5.71. The first-order valence-corrected chi connectivity index (χ1v) is 11.8. The molecule has 0 bridgehead atoms. The van der Waals surface area contributed by atoms with Gasteiger partial charge in [0.2, 0.25) is 0 Å². The molecule has 3 fully saturated rings. The summed E-state index contributed by atoms with van der Waals surface area (Å²) in [6.07, 6.45) is 12.8. The van der Waals surface area contributed by atoms with Crippen LogP contribution in [-0.4, -0.2) is 17.1 Å². The Hall–Kier alpha value is -2.75. The summed E-state index contributed by atoms with van der Waals surface area (Å²) in [5.41, 5.74) is 4.13. The van der Waals surface area contributed by atoms with Crippen LogP contribution in [0.15, 0.2) is 60.3 Å². The molecular formula is C28H30FNO2. The van der Waals surface area contributed by atoms with E-state index in [1.165, 1.54) is 24.1 Å². The van der Waals surface area contributed by atoms with Crippen molar-refractivity contribution >= 4 is 12.0 Å². The monoisotopic (exact) mass is 431 g/mol. The van der Waals surface area contributed by atoms with Crippen LogP contribution in [0.5, 0.6) is 0 Å². The molecule has 2 heterocycles. The van der Waals surface area contributed by atoms with Crippen LogP contribution < -0.4 is 0 Å². The molecule has 6 atom stereocenters. The zero-order valence-corrected chi connectivity index (χ0v) is 18.7. The van der Waals surface area contributed by atoms with Crippen LogP contribution in [0.4, 0.5) is 4.39 Å². The molecule has 3 nitrogen and oxygen atoms in total. The first kappa shape index (κ1) is 21.1. The minimum absolute atomic E-state index is 0.00970. The highest BCUT2D eigenvalue weighted by Gasteiger charge is 2.54. The molecule has 2 aromatic rings. The minimum Gasteiger partial charge on any atom is -0.462 e. The predicted molar refractivity (Wildman–Crippen MR) is 124 cm³/mol. The van der Waals surface area contributed by atoms with Gasteiger partial charge in [0.05, 0.1) is 11.6 Å². The van der Waals surface area contributed by atoms with Gasteiger partial charge in [-0.1, -0.05) is 35.9 Å². The molecular weight excluding hydrogens is 401 g/mol. The zero-order valence-electron chi connectivity index (χ0n) is 18.7. The lowest BCUT2D eigenvalue weighted by Crippen LogP contribution is -2.43. The van der Waals surface area contributed by atoms with Gasteiger partial charge in [0.1, 0.15) is 11.9 Å². The van der Waals surface area contributed by atoms with Gasteiger partial charge in [-0.3, -0.25) is 9.78 Å². The molecule has 0 radical (unpaired) electrons. The molecule has 1 saturated heterocycles. The molecule has 1 aromatic carbocycles. The highest BCUT2D eigenvalue weighted by molar-refractivity contribution is 5.75. The fourth-order valence-electron chi connectivity index (χ4n) is 6.31. The topological polar surface area (TPSA) is 39.2 Å². The highest BCUT2D eigenvalue weighted by Crippen LogP contribution is 2.54. The van der Waals surface area contributed by atoms with E-state index >= 15 is 0 Å². The lowest BCUT2D eigenvalue weighted by molar-refractivity contribution is -0.144. The molecule has 4 heteroatoms. The Morgan fingerprint density at radius 2 is 2.06 bits per heavy atom. The summed E-state index contributed by atoms with van der Waals surface area (Å²) in [4.78, 5) is 17.2. The second kappa shape index (κ2) is 8.65. The molecule has 2 saturated carbocycles. The Balaban J connectivity index is 1.40. The summed E-state index contributed by atoms with van der Waals surface area (Å²) >= 11 is 0. The molecule has 0 amide bonds. The van der Waals surface area contributed by atoms with E-state index in [9.17, 15) is 9.18 Å². The maximum Gasteiger partial charge on any atom is 0.309 e. The quantitative estimate of drug-likeness (QED) is 0.413. The van der Waals surface area contributed by atoms with E-state index in [1.807, 2.05) is 18.2 Å². The largest absolute Gasteiger partial charge is 0.462 e. The third kappa shape index (κ3) is 3.92. The standard InChI is InChI=1S/C28H30FNO2/c1-3-18-7-11-24-21(13-18)15-26-27(17(2)32-28(26)31)25(24)12-10-23-9-8-20(16-30-23)19-5-4-6-22(29)14-19/h3-6,8-10,12,14,16-17,21,24-27H,7,11,13,15H2,1-2H3/b12-10+,18-3+/t17-,21+,24-,25+,26-,27+/m1/s1. The lowest BCUT2D eigenvalue weighted by atomic mass is 9.57. The van der Waals surface area contributed by atoms with E-state index < -0.39 is 0 Å². The van der Waals surface area contributed by atoms with Crippen molar-refractivity contribution in [2.45, 2.75) is 45.6 Å². The van der Waals surface area contributed by atoms with Crippen molar-refractivity contribution < 1.29 is 13.9 Å². The van der Waals surface area contributed by atoms with Gasteiger partial charge in [-0.05, 0) is 87.1 Å². The smallest absolute Gasteiger partial charge is 0.309 e. The van der Waals surface area contributed by atoms with Crippen LogP contribution in [0.3, 0.4) is 0 Å². The molecule has 2 aliphatic carbocycles. The maximum absolute atomic E-state index is 13.5. The number of halogens is 1. The third-order valence-electron chi connectivity index (χ3n) is 7.88. The minimum atomic E-state index is -0.246. The van der Waals surface area contributed by atoms with E-state index in [-0.39, 0.29) is 29.7 Å². The number of rotatable bonds is 3. The average molecular weight is 432 g/mol. The molecule has 0 N–H and O–H groups in total. The van der Waals surface area contributed by atoms with E-state index in [4.69, 9.17) is 4.74 Å². The fraction of sp³-hybridized carbons (Fsp3) is 0.429. The number of benzene rings is 1. The SMILES string of the molecule is C/C=C1\CC[C@@H]2[C@@H](C1)C[C@H]1C(=O)O[C@H](C)[C@H]1[C@H]2/C=C/c1ccc(-c2cccc(F)c2)cn1. The van der Waals surface area contributed by atoms with E-state index in [2.05, 4.69) is 37.1 Å². The van der Waals surface area contributed by atoms with E-state index in [1.54, 1.807) is 12.3 Å². The second-order valence-electron chi connectivity index (χ2n) is 9.59. The number of esters is 1. The number of pyridine rings is 1. The first-order chi connectivity index (χ1) is 15.5. The Bertz CT molecular complexity index is 1060. The Labute approximate surface area is 189 Å². The molecule has 0 spiro atoms. The molecule has 32 heavy (non-hydrogen) atoms. The van der Waals surface area contributed by atoms with Crippen LogP contribution in [0.2, 0.25) is 0 Å². The number of fused-ring (bicyclic) bond motifs is 2. The number of nitrogens with zero attached hydrogens (tertiary/aromatic N) is 1. The van der Waals surface area contributed by atoms with Crippen molar-refractivity contribution in [3.63, 3.8) is 0 Å². The number of carbonyl (C=O) groups is 1. The van der Waals surface area contributed by atoms with Gasteiger partial charge in [-0.2, -0.15) is 0 Å². The predicted octanol–water partition coefficient (Wildman–Crippen LogP) is 6.46. The van der Waals surface area contributed by atoms with Crippen molar-refractivity contribution in [3.8, 4) is 11.1 Å². The number of carbonyl (C=O) groups excluding carboxylic acids is 1. The number of aromatic nitrogens is 1. The zero-order chi connectivity index (χ0) is 22.2. The number of ether oxygens (including phenoxy) is 1. The van der Waals surface area contributed by atoms with Crippen molar-refractivity contribution in [2.24, 2.45) is 29.6 Å². The van der Waals surface area contributed by atoms with Crippen LogP contribution in [0.25, 0.3) is 17.2 Å². The van der Waals surface area contributed by atoms with Gasteiger partial charge in [0.15, 0.2) is 0 Å². The van der Waals surface area contributed by atoms with E-state index in [0.717, 1.165) is 36.1 Å². The Morgan fingerprint density at radius 3 is 2.81 bits per heavy atom. The Morgan fingerprint density at radius 1 is 1.19 bits per heavy atom. The molecule has 3 aliphatic rings. The van der Waals surface area contributed by atoms with Crippen LogP contribution in [-0.2, 0) is 9.53 Å². The van der Waals surface area contributed by atoms with Gasteiger partial charge in [0, 0.05) is 17.7 Å². The fourth-order valence-corrected chi connectivity index (χ4v) is 6.31.